The van der Waals surface area contributed by atoms with Gasteiger partial charge >= 0.3 is 35.7 Å². The van der Waals surface area contributed by atoms with Gasteiger partial charge in [0.15, 0.2) is 5.78 Å². The maximum absolute atomic E-state index is 13.1. The largest absolute Gasteiger partial charge is 1.00 e. The minimum atomic E-state index is -4.38. The van der Waals surface area contributed by atoms with Crippen LogP contribution in [0.2, 0.25) is 5.02 Å². The van der Waals surface area contributed by atoms with Gasteiger partial charge in [0.1, 0.15) is 17.2 Å². The molecule has 6 nitrogen and oxygen atoms in total. The van der Waals surface area contributed by atoms with Gasteiger partial charge in [-0.25, -0.2) is 0 Å². The molecule has 3 aromatic carbocycles. The molecule has 2 heterocycles. The van der Waals surface area contributed by atoms with Gasteiger partial charge in [-0.2, -0.15) is 13.2 Å². The number of rotatable bonds is 7. The van der Waals surface area contributed by atoms with Crippen LogP contribution < -0.4 is 49.0 Å². The normalized spacial score (nSPS) is 17.2. The summed E-state index contributed by atoms with van der Waals surface area (Å²) in [5.74, 6) is -0.733. The summed E-state index contributed by atoms with van der Waals surface area (Å²) in [5.41, 5.74) is 0.857. The average molecular weight is 596 g/mol. The average Bonchev–Trinajstić information content (AvgIpc) is 2.93. The monoisotopic (exact) mass is 595 g/mol. The number of ether oxygens (including phenoxy) is 2. The maximum Gasteiger partial charge on any atom is 1.00 e. The SMILES string of the molecule is O=C(CC1CCN(c2cccc(C(F)(F)F)c2)CC1)c1ccc(Oc2cc3c(cc2Cl)C(C(=O)[O-])CCO3)cc1.[Na+]. The van der Waals surface area contributed by atoms with Crippen LogP contribution >= 0.6 is 11.6 Å². The van der Waals surface area contributed by atoms with E-state index in [0.717, 1.165) is 6.07 Å². The van der Waals surface area contributed by atoms with E-state index in [4.69, 9.17) is 21.1 Å². The number of anilines is 1. The van der Waals surface area contributed by atoms with E-state index >= 15 is 0 Å². The van der Waals surface area contributed by atoms with Crippen LogP contribution in [0, 0.1) is 5.92 Å². The molecule has 0 aromatic heterocycles. The molecule has 41 heavy (non-hydrogen) atoms. The molecule has 1 saturated heterocycles. The summed E-state index contributed by atoms with van der Waals surface area (Å²) in [4.78, 5) is 26.3. The maximum atomic E-state index is 13.1. The van der Waals surface area contributed by atoms with Crippen molar-refractivity contribution in [3.05, 3.63) is 82.4 Å². The second kappa shape index (κ2) is 13.1. The van der Waals surface area contributed by atoms with Crippen molar-refractivity contribution >= 4 is 29.0 Å². The van der Waals surface area contributed by atoms with Gasteiger partial charge in [0.05, 0.1) is 17.2 Å². The van der Waals surface area contributed by atoms with Gasteiger partial charge in [-0.15, -0.1) is 0 Å². The van der Waals surface area contributed by atoms with Crippen molar-refractivity contribution in [2.24, 2.45) is 5.92 Å². The third kappa shape index (κ3) is 7.38. The quantitative estimate of drug-likeness (QED) is 0.308. The summed E-state index contributed by atoms with van der Waals surface area (Å²) in [7, 11) is 0. The summed E-state index contributed by atoms with van der Waals surface area (Å²) in [5, 5.41) is 11.7. The number of alkyl halides is 3. The summed E-state index contributed by atoms with van der Waals surface area (Å²) < 4.78 is 50.6. The van der Waals surface area contributed by atoms with Gasteiger partial charge in [0.25, 0.3) is 0 Å². The topological polar surface area (TPSA) is 78.9 Å². The van der Waals surface area contributed by atoms with Crippen LogP contribution in [0.15, 0.2) is 60.7 Å². The van der Waals surface area contributed by atoms with Crippen molar-refractivity contribution in [2.75, 3.05) is 24.6 Å². The molecule has 0 amide bonds. The van der Waals surface area contributed by atoms with E-state index in [-0.39, 0.29) is 52.9 Å². The molecular weight excluding hydrogens is 570 g/mol. The van der Waals surface area contributed by atoms with Crippen molar-refractivity contribution in [1.29, 1.82) is 0 Å². The van der Waals surface area contributed by atoms with E-state index in [2.05, 4.69) is 0 Å². The molecule has 1 fully saturated rings. The van der Waals surface area contributed by atoms with Crippen LogP contribution in [-0.2, 0) is 11.0 Å². The third-order valence-electron chi connectivity index (χ3n) is 7.42. The van der Waals surface area contributed by atoms with Crippen molar-refractivity contribution in [3.63, 3.8) is 0 Å². The van der Waals surface area contributed by atoms with E-state index < -0.39 is 23.6 Å². The van der Waals surface area contributed by atoms with Gasteiger partial charge in [-0.1, -0.05) is 17.7 Å². The molecule has 3 aromatic rings. The predicted molar refractivity (Wildman–Crippen MR) is 141 cm³/mol. The zero-order valence-corrected chi connectivity index (χ0v) is 25.1. The van der Waals surface area contributed by atoms with Crippen LogP contribution in [0.5, 0.6) is 17.2 Å². The number of aliphatic carboxylic acids is 1. The molecule has 2 aliphatic heterocycles. The number of carboxylic acids is 1. The minimum Gasteiger partial charge on any atom is -0.549 e. The number of benzene rings is 3. The molecular formula is C30H26ClF3NNaO5. The van der Waals surface area contributed by atoms with Gasteiger partial charge in [-0.05, 0) is 73.7 Å². The first kappa shape index (κ1) is 31.2. The van der Waals surface area contributed by atoms with Crippen molar-refractivity contribution in [1.82, 2.24) is 0 Å². The summed E-state index contributed by atoms with van der Waals surface area (Å²) in [6, 6.07) is 15.1. The first-order chi connectivity index (χ1) is 19.1. The number of fused-ring (bicyclic) bond motifs is 1. The van der Waals surface area contributed by atoms with E-state index in [1.165, 1.54) is 18.2 Å². The molecule has 0 bridgehead atoms. The summed E-state index contributed by atoms with van der Waals surface area (Å²) in [6.07, 6.45) is -2.31. The number of halogens is 4. The number of ketones is 1. The minimum absolute atomic E-state index is 0. The smallest absolute Gasteiger partial charge is 0.549 e. The Balaban J connectivity index is 0.00000387. The third-order valence-corrected chi connectivity index (χ3v) is 7.72. The molecule has 1 unspecified atom stereocenters. The Morgan fingerprint density at radius 1 is 1.02 bits per heavy atom. The summed E-state index contributed by atoms with van der Waals surface area (Å²) in [6.45, 7) is 1.41. The predicted octanol–water partition coefficient (Wildman–Crippen LogP) is 3.26. The van der Waals surface area contributed by atoms with Gasteiger partial charge < -0.3 is 24.3 Å². The van der Waals surface area contributed by atoms with Crippen LogP contribution in [0.1, 0.15) is 53.1 Å². The number of nitrogens with zero attached hydrogens (tertiary/aromatic N) is 1. The Labute approximate surface area is 262 Å². The first-order valence-electron chi connectivity index (χ1n) is 13.0. The molecule has 0 spiro atoms. The molecule has 0 radical (unpaired) electrons. The van der Waals surface area contributed by atoms with E-state index in [1.54, 1.807) is 36.4 Å². The first-order valence-corrected chi connectivity index (χ1v) is 13.4. The van der Waals surface area contributed by atoms with Crippen LogP contribution in [0.4, 0.5) is 18.9 Å². The number of Topliss-reactive ketones (excluding diaryl/α,β-unsaturated/α-hetero) is 1. The molecule has 11 heteroatoms. The molecule has 0 saturated carbocycles. The number of hydrogen-bond donors (Lipinski definition) is 0. The second-order valence-electron chi connectivity index (χ2n) is 10.1. The van der Waals surface area contributed by atoms with Gasteiger partial charge in [0.2, 0.25) is 0 Å². The van der Waals surface area contributed by atoms with Crippen molar-refractivity contribution in [3.8, 4) is 17.2 Å². The Morgan fingerprint density at radius 2 is 1.73 bits per heavy atom. The van der Waals surface area contributed by atoms with Gasteiger partial charge in [-0.3, -0.25) is 4.79 Å². The Bertz CT molecular complexity index is 1410. The molecule has 2 aliphatic rings. The van der Waals surface area contributed by atoms with Crippen LogP contribution in [0.25, 0.3) is 0 Å². The Kier molecular flexibility index (Phi) is 9.95. The number of piperidine rings is 1. The van der Waals surface area contributed by atoms with Crippen LogP contribution in [-0.4, -0.2) is 31.4 Å². The number of carboxylic acid groups (broad SMARTS) is 1. The summed E-state index contributed by atoms with van der Waals surface area (Å²) >= 11 is 6.35. The molecule has 210 valence electrons. The molecule has 5 rings (SSSR count). The Morgan fingerprint density at radius 3 is 2.39 bits per heavy atom. The fourth-order valence-corrected chi connectivity index (χ4v) is 5.41. The van der Waals surface area contributed by atoms with Gasteiger partial charge in [0, 0.05) is 54.3 Å². The van der Waals surface area contributed by atoms with E-state index in [1.807, 2.05) is 4.90 Å². The zero-order valence-electron chi connectivity index (χ0n) is 22.4. The second-order valence-corrected chi connectivity index (χ2v) is 10.5. The van der Waals surface area contributed by atoms with Crippen molar-refractivity contribution < 1.29 is 66.9 Å². The fourth-order valence-electron chi connectivity index (χ4n) is 5.20. The molecule has 0 aliphatic carbocycles. The number of carbonyl (C=O) groups excluding carboxylic acids is 2. The van der Waals surface area contributed by atoms with E-state index in [0.29, 0.717) is 72.8 Å². The standard InChI is InChI=1S/C30H27ClF3NO5.Na/c31-25-16-24-23(29(37)38)10-13-39-27(24)17-28(25)40-22-6-4-19(5-7-22)26(36)14-18-8-11-35(12-9-18)21-3-1-2-20(15-21)30(32,33)34;/h1-7,15-18,23H,8-14H2,(H,37,38);/q;+1/p-1. The van der Waals surface area contributed by atoms with E-state index in [9.17, 15) is 27.9 Å². The number of hydrogen-bond acceptors (Lipinski definition) is 6. The molecule has 1 atom stereocenters. The Hall–Kier alpha value is -2.72. The van der Waals surface area contributed by atoms with Crippen LogP contribution in [0.3, 0.4) is 0 Å². The zero-order chi connectivity index (χ0) is 28.4. The molecule has 0 N–H and O–H groups in total. The van der Waals surface area contributed by atoms with Crippen molar-refractivity contribution in [2.45, 2.75) is 37.8 Å². The fraction of sp³-hybridized carbons (Fsp3) is 0.333. The number of carbonyl (C=O) groups is 2.